The zero-order valence-electron chi connectivity index (χ0n) is 8.90. The van der Waals surface area contributed by atoms with Gasteiger partial charge in [-0.05, 0) is 24.3 Å². The smallest absolute Gasteiger partial charge is 0.181 e. The van der Waals surface area contributed by atoms with Gasteiger partial charge >= 0.3 is 0 Å². The molecular formula is C11H15ClNO2S+. The number of hydrogen-bond acceptors (Lipinski definition) is 2. The summed E-state index contributed by atoms with van der Waals surface area (Å²) in [4.78, 5) is 0.392. The van der Waals surface area contributed by atoms with Gasteiger partial charge in [-0.25, -0.2) is 8.42 Å². The maximum atomic E-state index is 12.2. The van der Waals surface area contributed by atoms with Crippen LogP contribution in [0.15, 0.2) is 29.2 Å². The predicted octanol–water partition coefficient (Wildman–Crippen LogP) is 0.840. The lowest BCUT2D eigenvalue weighted by Gasteiger charge is -2.20. The van der Waals surface area contributed by atoms with Crippen molar-refractivity contribution in [1.82, 2.24) is 0 Å². The zero-order valence-corrected chi connectivity index (χ0v) is 10.5. The van der Waals surface area contributed by atoms with Crippen LogP contribution in [0.5, 0.6) is 0 Å². The van der Waals surface area contributed by atoms with E-state index in [1.54, 1.807) is 24.3 Å². The lowest BCUT2D eigenvalue weighted by molar-refractivity contribution is -0.661. The van der Waals surface area contributed by atoms with Crippen LogP contribution in [0.2, 0.25) is 5.02 Å². The molecule has 0 aliphatic carbocycles. The molecule has 1 aliphatic heterocycles. The van der Waals surface area contributed by atoms with Crippen molar-refractivity contribution < 1.29 is 13.7 Å². The molecule has 1 aromatic rings. The van der Waals surface area contributed by atoms with E-state index in [-0.39, 0.29) is 5.25 Å². The second-order valence-corrected chi connectivity index (χ2v) is 6.73. The average Bonchev–Trinajstić information content (AvgIpc) is 2.31. The third-order valence-corrected chi connectivity index (χ3v) is 5.50. The second kappa shape index (κ2) is 4.73. The molecule has 2 rings (SSSR count). The SMILES string of the molecule is O=S(=O)(c1ccc(Cl)cc1)C1CC[NH2+]CC1. The van der Waals surface area contributed by atoms with Crippen LogP contribution in [0, 0.1) is 0 Å². The summed E-state index contributed by atoms with van der Waals surface area (Å²) in [6.07, 6.45) is 1.48. The molecule has 16 heavy (non-hydrogen) atoms. The van der Waals surface area contributed by atoms with E-state index in [2.05, 4.69) is 5.32 Å². The Labute approximate surface area is 101 Å². The predicted molar refractivity (Wildman–Crippen MR) is 63.3 cm³/mol. The first-order valence-electron chi connectivity index (χ1n) is 5.42. The molecule has 1 aliphatic rings. The van der Waals surface area contributed by atoms with E-state index >= 15 is 0 Å². The molecule has 0 atom stereocenters. The lowest BCUT2D eigenvalue weighted by atomic mass is 10.2. The van der Waals surface area contributed by atoms with Gasteiger partial charge in [-0.3, -0.25) is 0 Å². The van der Waals surface area contributed by atoms with Crippen LogP contribution in [0.3, 0.4) is 0 Å². The van der Waals surface area contributed by atoms with Crippen LogP contribution in [0.1, 0.15) is 12.8 Å². The molecule has 0 saturated carbocycles. The van der Waals surface area contributed by atoms with Crippen LogP contribution in [-0.2, 0) is 9.84 Å². The number of hydrogen-bond donors (Lipinski definition) is 1. The van der Waals surface area contributed by atoms with Gasteiger partial charge in [-0.2, -0.15) is 0 Å². The molecule has 2 N–H and O–H groups in total. The molecule has 0 radical (unpaired) electrons. The molecule has 1 saturated heterocycles. The van der Waals surface area contributed by atoms with Gasteiger partial charge in [0.25, 0.3) is 0 Å². The molecule has 0 amide bonds. The fraction of sp³-hybridized carbons (Fsp3) is 0.455. The third kappa shape index (κ3) is 2.39. The number of sulfone groups is 1. The highest BCUT2D eigenvalue weighted by atomic mass is 35.5. The van der Waals surface area contributed by atoms with E-state index in [1.807, 2.05) is 0 Å². The monoisotopic (exact) mass is 260 g/mol. The van der Waals surface area contributed by atoms with Gasteiger partial charge in [0, 0.05) is 17.9 Å². The summed E-state index contributed by atoms with van der Waals surface area (Å²) < 4.78 is 24.5. The van der Waals surface area contributed by atoms with Crippen LogP contribution < -0.4 is 5.32 Å². The number of quaternary nitrogens is 1. The molecule has 0 aromatic heterocycles. The maximum absolute atomic E-state index is 12.2. The summed E-state index contributed by atoms with van der Waals surface area (Å²) in [7, 11) is -3.16. The lowest BCUT2D eigenvalue weighted by Crippen LogP contribution is -2.87. The molecular weight excluding hydrogens is 246 g/mol. The Morgan fingerprint density at radius 1 is 1.12 bits per heavy atom. The van der Waals surface area contributed by atoms with Crippen LogP contribution >= 0.6 is 11.6 Å². The van der Waals surface area contributed by atoms with E-state index < -0.39 is 9.84 Å². The van der Waals surface area contributed by atoms with Crippen molar-refractivity contribution in [2.45, 2.75) is 23.0 Å². The number of piperidine rings is 1. The summed E-state index contributed by atoms with van der Waals surface area (Å²) in [5.41, 5.74) is 0. The molecule has 5 heteroatoms. The molecule has 1 aromatic carbocycles. The van der Waals surface area contributed by atoms with Gasteiger partial charge in [-0.15, -0.1) is 0 Å². The Bertz CT molecular complexity index is 449. The molecule has 0 bridgehead atoms. The first kappa shape index (κ1) is 11.9. The van der Waals surface area contributed by atoms with Crippen molar-refractivity contribution in [2.24, 2.45) is 0 Å². The fourth-order valence-electron chi connectivity index (χ4n) is 2.02. The summed E-state index contributed by atoms with van der Waals surface area (Å²) in [6, 6.07) is 6.44. The van der Waals surface area contributed by atoms with Gasteiger partial charge in [0.05, 0.1) is 23.2 Å². The number of benzene rings is 1. The molecule has 3 nitrogen and oxygen atoms in total. The van der Waals surface area contributed by atoms with E-state index in [4.69, 9.17) is 11.6 Å². The van der Waals surface area contributed by atoms with Gasteiger partial charge in [0.1, 0.15) is 0 Å². The van der Waals surface area contributed by atoms with E-state index in [0.717, 1.165) is 25.9 Å². The van der Waals surface area contributed by atoms with Crippen molar-refractivity contribution >= 4 is 21.4 Å². The average molecular weight is 261 g/mol. The van der Waals surface area contributed by atoms with Gasteiger partial charge in [0.15, 0.2) is 9.84 Å². The summed E-state index contributed by atoms with van der Waals surface area (Å²) in [5.74, 6) is 0. The molecule has 0 spiro atoms. The first-order chi connectivity index (χ1) is 7.60. The molecule has 0 unspecified atom stereocenters. The number of rotatable bonds is 2. The Morgan fingerprint density at radius 2 is 1.69 bits per heavy atom. The highest BCUT2D eigenvalue weighted by Gasteiger charge is 2.30. The van der Waals surface area contributed by atoms with E-state index in [1.165, 1.54) is 0 Å². The van der Waals surface area contributed by atoms with E-state index in [0.29, 0.717) is 9.92 Å². The quantitative estimate of drug-likeness (QED) is 0.857. The number of nitrogens with two attached hydrogens (primary N) is 1. The van der Waals surface area contributed by atoms with Crippen LogP contribution in [0.4, 0.5) is 0 Å². The van der Waals surface area contributed by atoms with Crippen molar-refractivity contribution in [2.75, 3.05) is 13.1 Å². The number of halogens is 1. The van der Waals surface area contributed by atoms with Crippen molar-refractivity contribution in [1.29, 1.82) is 0 Å². The standard InChI is InChI=1S/C11H14ClNO2S/c12-9-1-3-10(4-2-9)16(14,15)11-5-7-13-8-6-11/h1-4,11,13H,5-8H2/p+1. The maximum Gasteiger partial charge on any atom is 0.181 e. The first-order valence-corrected chi connectivity index (χ1v) is 7.34. The van der Waals surface area contributed by atoms with Crippen molar-refractivity contribution in [3.63, 3.8) is 0 Å². The van der Waals surface area contributed by atoms with Crippen molar-refractivity contribution in [3.8, 4) is 0 Å². The molecule has 1 fully saturated rings. The second-order valence-electron chi connectivity index (χ2n) is 4.06. The zero-order chi connectivity index (χ0) is 11.6. The summed E-state index contributed by atoms with van der Waals surface area (Å²) >= 11 is 5.75. The normalized spacial score (nSPS) is 18.6. The summed E-state index contributed by atoms with van der Waals surface area (Å²) in [5, 5.41) is 2.50. The van der Waals surface area contributed by atoms with Gasteiger partial charge in [-0.1, -0.05) is 11.6 Å². The Morgan fingerprint density at radius 3 is 2.25 bits per heavy atom. The topological polar surface area (TPSA) is 50.8 Å². The van der Waals surface area contributed by atoms with Crippen LogP contribution in [0.25, 0.3) is 0 Å². The minimum absolute atomic E-state index is 0.223. The Hall–Kier alpha value is -0.580. The fourth-order valence-corrected chi connectivity index (χ4v) is 3.94. The van der Waals surface area contributed by atoms with Crippen molar-refractivity contribution in [3.05, 3.63) is 29.3 Å². The van der Waals surface area contributed by atoms with Crippen LogP contribution in [-0.4, -0.2) is 26.8 Å². The third-order valence-electron chi connectivity index (χ3n) is 2.97. The van der Waals surface area contributed by atoms with Gasteiger partial charge in [0.2, 0.25) is 0 Å². The van der Waals surface area contributed by atoms with Gasteiger partial charge < -0.3 is 5.32 Å². The molecule has 1 heterocycles. The minimum atomic E-state index is -3.16. The van der Waals surface area contributed by atoms with E-state index in [9.17, 15) is 8.42 Å². The highest BCUT2D eigenvalue weighted by molar-refractivity contribution is 7.92. The highest BCUT2D eigenvalue weighted by Crippen LogP contribution is 2.22. The molecule has 88 valence electrons. The Balaban J connectivity index is 2.27. The largest absolute Gasteiger partial charge is 0.346 e. The minimum Gasteiger partial charge on any atom is -0.346 e. The Kier molecular flexibility index (Phi) is 3.52. The summed E-state index contributed by atoms with van der Waals surface area (Å²) in [6.45, 7) is 1.80.